The first-order valence-electron chi connectivity index (χ1n) is 9.12. The molecule has 0 fully saturated rings. The van der Waals surface area contributed by atoms with Crippen LogP contribution in [0.25, 0.3) is 5.57 Å². The molecule has 0 atom stereocenters. The predicted octanol–water partition coefficient (Wildman–Crippen LogP) is 4.29. The van der Waals surface area contributed by atoms with E-state index in [4.69, 9.17) is 29.0 Å². The van der Waals surface area contributed by atoms with Crippen LogP contribution in [-0.2, 0) is 4.79 Å². The Labute approximate surface area is 179 Å². The summed E-state index contributed by atoms with van der Waals surface area (Å²) in [5.74, 6) is 5.45. The number of nitrogens with zero attached hydrogens (tertiary/aromatic N) is 1. The minimum atomic E-state index is -0.272. The van der Waals surface area contributed by atoms with Crippen LogP contribution in [0.5, 0.6) is 0 Å². The van der Waals surface area contributed by atoms with Crippen molar-refractivity contribution in [1.29, 1.82) is 0 Å². The average Bonchev–Trinajstić information content (AvgIpc) is 2.95. The second-order valence-electron chi connectivity index (χ2n) is 6.62. The predicted molar refractivity (Wildman–Crippen MR) is 119 cm³/mol. The van der Waals surface area contributed by atoms with Gasteiger partial charge in [-0.2, -0.15) is 0 Å². The van der Waals surface area contributed by atoms with Gasteiger partial charge in [-0.25, -0.2) is 0 Å². The van der Waals surface area contributed by atoms with Crippen molar-refractivity contribution in [3.8, 4) is 0 Å². The molecule has 1 aliphatic carbocycles. The van der Waals surface area contributed by atoms with E-state index in [1.807, 2.05) is 30.4 Å². The van der Waals surface area contributed by atoms with Gasteiger partial charge in [-0.1, -0.05) is 59.1 Å². The number of carbonyl (C=O) groups is 1. The minimum Gasteiger partial charge on any atom is -0.396 e. The molecule has 1 heterocycles. The molecule has 7 heteroatoms. The molecule has 1 aromatic carbocycles. The van der Waals surface area contributed by atoms with E-state index in [-0.39, 0.29) is 18.1 Å². The number of nitrogens with two attached hydrogens (primary N) is 1. The number of nitrogens with one attached hydrogen (secondary N) is 1. The highest BCUT2D eigenvalue weighted by atomic mass is 35.5. The van der Waals surface area contributed by atoms with Crippen LogP contribution in [0.15, 0.2) is 76.6 Å². The van der Waals surface area contributed by atoms with E-state index in [1.54, 1.807) is 24.4 Å². The van der Waals surface area contributed by atoms with E-state index in [0.717, 1.165) is 22.3 Å². The smallest absolute Gasteiger partial charge is 0.224 e. The number of hydrazine groups is 1. The van der Waals surface area contributed by atoms with Crippen LogP contribution in [0.1, 0.15) is 24.8 Å². The summed E-state index contributed by atoms with van der Waals surface area (Å²) < 4.78 is 0. The van der Waals surface area contributed by atoms with Crippen LogP contribution in [-0.4, -0.2) is 23.2 Å². The van der Waals surface area contributed by atoms with Gasteiger partial charge in [0.2, 0.25) is 5.78 Å². The lowest BCUT2D eigenvalue weighted by Gasteiger charge is -2.18. The number of allylic oxidation sites excluding steroid dienone is 8. The van der Waals surface area contributed by atoms with E-state index in [2.05, 4.69) is 10.4 Å². The fourth-order valence-electron chi connectivity index (χ4n) is 3.24. The first-order valence-corrected chi connectivity index (χ1v) is 9.88. The highest BCUT2D eigenvalue weighted by Crippen LogP contribution is 2.34. The average molecular weight is 430 g/mol. The highest BCUT2D eigenvalue weighted by Gasteiger charge is 2.22. The SMILES string of the molecule is NN/C(C(=O)C1=NC=CC=C(CCO)C1)=C1/C=CC=C(c2ccc(Cl)cc2Cl)C1. The van der Waals surface area contributed by atoms with Gasteiger partial charge in [-0.3, -0.25) is 15.6 Å². The highest BCUT2D eigenvalue weighted by molar-refractivity contribution is 6.46. The van der Waals surface area contributed by atoms with Crippen LogP contribution in [0, 0.1) is 0 Å². The van der Waals surface area contributed by atoms with Crippen molar-refractivity contribution in [2.45, 2.75) is 19.3 Å². The first-order chi connectivity index (χ1) is 14.0. The van der Waals surface area contributed by atoms with Crippen LogP contribution in [0.2, 0.25) is 10.0 Å². The van der Waals surface area contributed by atoms with Crippen LogP contribution in [0.4, 0.5) is 0 Å². The molecule has 3 rings (SSSR count). The van der Waals surface area contributed by atoms with Crippen molar-refractivity contribution in [2.24, 2.45) is 10.8 Å². The van der Waals surface area contributed by atoms with Crippen molar-refractivity contribution < 1.29 is 9.90 Å². The summed E-state index contributed by atoms with van der Waals surface area (Å²) in [5, 5.41) is 10.3. The maximum Gasteiger partial charge on any atom is 0.224 e. The molecule has 0 radical (unpaired) electrons. The molecule has 0 saturated heterocycles. The largest absolute Gasteiger partial charge is 0.396 e. The Bertz CT molecular complexity index is 1000. The Balaban J connectivity index is 1.89. The number of benzene rings is 1. The van der Waals surface area contributed by atoms with Crippen LogP contribution < -0.4 is 11.3 Å². The summed E-state index contributed by atoms with van der Waals surface area (Å²) in [6.45, 7) is 0.0168. The first kappa shape index (κ1) is 21.3. The fourth-order valence-corrected chi connectivity index (χ4v) is 3.77. The molecule has 150 valence electrons. The summed E-state index contributed by atoms with van der Waals surface area (Å²) in [4.78, 5) is 17.4. The molecule has 0 saturated carbocycles. The maximum atomic E-state index is 13.1. The molecule has 0 aromatic heterocycles. The number of rotatable bonds is 6. The van der Waals surface area contributed by atoms with Gasteiger partial charge in [0.1, 0.15) is 5.70 Å². The molecule has 0 unspecified atom stereocenters. The van der Waals surface area contributed by atoms with Crippen molar-refractivity contribution in [1.82, 2.24) is 5.43 Å². The van der Waals surface area contributed by atoms with Gasteiger partial charge in [0.25, 0.3) is 0 Å². The standard InChI is InChI=1S/C22H21Cl2N3O2/c23-17-6-7-18(19(24)13-17)15-4-1-5-16(12-15)21(27-25)22(29)20-11-14(8-10-28)3-2-9-26-20/h1-7,9,13,27-28H,8,10-12,25H2/b21-16-. The zero-order valence-electron chi connectivity index (χ0n) is 15.7. The number of aliphatic hydroxyl groups excluding tert-OH is 1. The number of aliphatic hydroxyl groups is 1. The molecule has 1 aromatic rings. The zero-order valence-corrected chi connectivity index (χ0v) is 17.2. The lowest BCUT2D eigenvalue weighted by molar-refractivity contribution is -0.110. The molecule has 4 N–H and O–H groups in total. The number of ketones is 1. The normalized spacial score (nSPS) is 17.9. The summed E-state index contributed by atoms with van der Waals surface area (Å²) in [5.41, 5.74) is 6.69. The van der Waals surface area contributed by atoms with Crippen molar-refractivity contribution in [3.05, 3.63) is 87.2 Å². The Morgan fingerprint density at radius 1 is 1.21 bits per heavy atom. The van der Waals surface area contributed by atoms with Crippen molar-refractivity contribution in [3.63, 3.8) is 0 Å². The van der Waals surface area contributed by atoms with Crippen molar-refractivity contribution in [2.75, 3.05) is 6.61 Å². The van der Waals surface area contributed by atoms with Gasteiger partial charge in [-0.15, -0.1) is 0 Å². The molecular formula is C22H21Cl2N3O2. The van der Waals surface area contributed by atoms with Gasteiger partial charge < -0.3 is 10.5 Å². The molecular weight excluding hydrogens is 409 g/mol. The van der Waals surface area contributed by atoms with E-state index in [1.165, 1.54) is 0 Å². The monoisotopic (exact) mass is 429 g/mol. The third kappa shape index (κ3) is 5.14. The Morgan fingerprint density at radius 2 is 2.03 bits per heavy atom. The van der Waals surface area contributed by atoms with Gasteiger partial charge >= 0.3 is 0 Å². The molecule has 2 aliphatic rings. The van der Waals surface area contributed by atoms with Gasteiger partial charge in [0.15, 0.2) is 0 Å². The van der Waals surface area contributed by atoms with E-state index < -0.39 is 0 Å². The molecule has 0 spiro atoms. The Morgan fingerprint density at radius 3 is 2.76 bits per heavy atom. The van der Waals surface area contributed by atoms with Crippen LogP contribution in [0.3, 0.4) is 0 Å². The third-order valence-electron chi connectivity index (χ3n) is 4.68. The fraction of sp³-hybridized carbons (Fsp3) is 0.182. The molecule has 1 aliphatic heterocycles. The summed E-state index contributed by atoms with van der Waals surface area (Å²) in [7, 11) is 0. The minimum absolute atomic E-state index is 0.0168. The van der Waals surface area contributed by atoms with E-state index >= 15 is 0 Å². The Hall–Kier alpha value is -2.44. The number of carbonyl (C=O) groups excluding carboxylic acids is 1. The summed E-state index contributed by atoms with van der Waals surface area (Å²) in [6.07, 6.45) is 12.2. The van der Waals surface area contributed by atoms with E-state index in [9.17, 15) is 9.90 Å². The maximum absolute atomic E-state index is 13.1. The number of Topliss-reactive ketones (excluding diaryl/α,β-unsaturated/α-hetero) is 1. The lowest BCUT2D eigenvalue weighted by Crippen LogP contribution is -2.32. The Kier molecular flexibility index (Phi) is 7.23. The van der Waals surface area contributed by atoms with Gasteiger partial charge in [-0.05, 0) is 41.3 Å². The van der Waals surface area contributed by atoms with Gasteiger partial charge in [0.05, 0.1) is 5.71 Å². The topological polar surface area (TPSA) is 87.7 Å². The molecule has 0 amide bonds. The quantitative estimate of drug-likeness (QED) is 0.357. The second-order valence-corrected chi connectivity index (χ2v) is 7.46. The number of hydrogen-bond donors (Lipinski definition) is 3. The molecule has 5 nitrogen and oxygen atoms in total. The lowest BCUT2D eigenvalue weighted by atomic mass is 9.91. The zero-order chi connectivity index (χ0) is 20.8. The number of aliphatic imine (C=N–C) groups is 1. The van der Waals surface area contributed by atoms with Crippen molar-refractivity contribution >= 4 is 40.3 Å². The summed E-state index contributed by atoms with van der Waals surface area (Å²) in [6, 6.07) is 5.33. The summed E-state index contributed by atoms with van der Waals surface area (Å²) >= 11 is 12.3. The van der Waals surface area contributed by atoms with Crippen LogP contribution >= 0.6 is 23.2 Å². The molecule has 0 bridgehead atoms. The molecule has 29 heavy (non-hydrogen) atoms. The third-order valence-corrected chi connectivity index (χ3v) is 5.23. The van der Waals surface area contributed by atoms with Gasteiger partial charge in [0, 0.05) is 35.7 Å². The van der Waals surface area contributed by atoms with E-state index in [0.29, 0.717) is 35.0 Å². The second kappa shape index (κ2) is 9.85. The number of hydrogen-bond acceptors (Lipinski definition) is 5. The number of halogens is 2.